The Balaban J connectivity index is 2.15. The Kier molecular flexibility index (Phi) is 5.56. The summed E-state index contributed by atoms with van der Waals surface area (Å²) < 4.78 is 0. The summed E-state index contributed by atoms with van der Waals surface area (Å²) >= 11 is 0. The molecule has 134 valence electrons. The molecular weight excluding hydrogens is 302 g/mol. The van der Waals surface area contributed by atoms with Crippen molar-refractivity contribution in [1.29, 1.82) is 0 Å². The Hall–Kier alpha value is -1.59. The van der Waals surface area contributed by atoms with E-state index in [1.807, 2.05) is 30.3 Å². The van der Waals surface area contributed by atoms with Crippen molar-refractivity contribution in [2.75, 3.05) is 5.32 Å². The minimum absolute atomic E-state index is 0.00649. The molecule has 0 aromatic heterocycles. The summed E-state index contributed by atoms with van der Waals surface area (Å²) in [4.78, 5) is 12.4. The standard InChI is InChI=1S/C19H31N3O2/c1-6-18(4)13-16(14(3)19(5,7-2)22(18)24)21-17(23)20-15-11-9-8-10-12-15/h8-12,14,16,24H,6-7,13H2,1-5H3,(H2,20,21,23). The molecule has 4 atom stereocenters. The van der Waals surface area contributed by atoms with Crippen LogP contribution < -0.4 is 10.6 Å². The zero-order valence-electron chi connectivity index (χ0n) is 15.5. The van der Waals surface area contributed by atoms with Crippen LogP contribution in [-0.4, -0.2) is 33.4 Å². The Labute approximate surface area is 145 Å². The second-order valence-corrected chi connectivity index (χ2v) is 7.44. The lowest BCUT2D eigenvalue weighted by Crippen LogP contribution is -2.69. The topological polar surface area (TPSA) is 64.6 Å². The molecule has 0 saturated carbocycles. The van der Waals surface area contributed by atoms with Crippen molar-refractivity contribution in [2.24, 2.45) is 5.92 Å². The minimum atomic E-state index is -0.367. The van der Waals surface area contributed by atoms with Crippen molar-refractivity contribution >= 4 is 11.7 Å². The van der Waals surface area contributed by atoms with Gasteiger partial charge in [0.05, 0.1) is 0 Å². The SMILES string of the molecule is CCC1(C)CC(NC(=O)Nc2ccccc2)C(C)C(C)(CC)N1O. The van der Waals surface area contributed by atoms with E-state index in [2.05, 4.69) is 45.3 Å². The molecule has 1 aliphatic rings. The van der Waals surface area contributed by atoms with Crippen LogP contribution in [0.15, 0.2) is 30.3 Å². The van der Waals surface area contributed by atoms with E-state index in [4.69, 9.17) is 0 Å². The number of amides is 2. The molecule has 5 heteroatoms. The Bertz CT molecular complexity index is 565. The van der Waals surface area contributed by atoms with Gasteiger partial charge in [0.25, 0.3) is 0 Å². The number of rotatable bonds is 4. The highest BCUT2D eigenvalue weighted by molar-refractivity contribution is 5.89. The van der Waals surface area contributed by atoms with Gasteiger partial charge in [-0.1, -0.05) is 39.0 Å². The van der Waals surface area contributed by atoms with E-state index in [-0.39, 0.29) is 29.1 Å². The van der Waals surface area contributed by atoms with Gasteiger partial charge in [0.1, 0.15) is 0 Å². The van der Waals surface area contributed by atoms with Gasteiger partial charge < -0.3 is 15.8 Å². The monoisotopic (exact) mass is 333 g/mol. The number of hydroxylamine groups is 2. The molecule has 0 aliphatic carbocycles. The number of carbonyl (C=O) groups excluding carboxylic acids is 1. The third kappa shape index (κ3) is 3.42. The fraction of sp³-hybridized carbons (Fsp3) is 0.632. The van der Waals surface area contributed by atoms with Crippen LogP contribution in [0.4, 0.5) is 10.5 Å². The van der Waals surface area contributed by atoms with Crippen molar-refractivity contribution < 1.29 is 10.0 Å². The number of benzene rings is 1. The first-order valence-electron chi connectivity index (χ1n) is 8.88. The lowest BCUT2D eigenvalue weighted by atomic mass is 9.68. The molecular formula is C19H31N3O2. The smallest absolute Gasteiger partial charge is 0.319 e. The molecule has 0 radical (unpaired) electrons. The van der Waals surface area contributed by atoms with Gasteiger partial charge in [-0.15, -0.1) is 0 Å². The van der Waals surface area contributed by atoms with E-state index in [0.29, 0.717) is 0 Å². The number of hydrogen-bond donors (Lipinski definition) is 3. The van der Waals surface area contributed by atoms with Crippen molar-refractivity contribution in [2.45, 2.75) is 71.0 Å². The van der Waals surface area contributed by atoms with Gasteiger partial charge >= 0.3 is 6.03 Å². The first-order valence-corrected chi connectivity index (χ1v) is 8.88. The maximum Gasteiger partial charge on any atom is 0.319 e. The van der Waals surface area contributed by atoms with Crippen LogP contribution in [0.5, 0.6) is 0 Å². The van der Waals surface area contributed by atoms with E-state index in [0.717, 1.165) is 24.9 Å². The molecule has 0 spiro atoms. The summed E-state index contributed by atoms with van der Waals surface area (Å²) in [5.74, 6) is 0.133. The molecule has 1 aromatic rings. The van der Waals surface area contributed by atoms with Crippen LogP contribution in [0.1, 0.15) is 53.9 Å². The number of urea groups is 1. The second-order valence-electron chi connectivity index (χ2n) is 7.44. The van der Waals surface area contributed by atoms with Gasteiger partial charge in [0, 0.05) is 22.8 Å². The van der Waals surface area contributed by atoms with Crippen molar-refractivity contribution in [3.05, 3.63) is 30.3 Å². The number of carbonyl (C=O) groups is 1. The van der Waals surface area contributed by atoms with Gasteiger partial charge in [-0.25, -0.2) is 4.79 Å². The van der Waals surface area contributed by atoms with E-state index >= 15 is 0 Å². The third-order valence-electron chi connectivity index (χ3n) is 6.06. The zero-order valence-corrected chi connectivity index (χ0v) is 15.5. The summed E-state index contributed by atoms with van der Waals surface area (Å²) in [6.45, 7) is 10.4. The highest BCUT2D eigenvalue weighted by Gasteiger charge is 2.52. The molecule has 4 unspecified atom stereocenters. The van der Waals surface area contributed by atoms with Gasteiger partial charge in [-0.2, -0.15) is 5.06 Å². The summed E-state index contributed by atoms with van der Waals surface area (Å²) in [6, 6.07) is 9.25. The predicted octanol–water partition coefficient (Wildman–Crippen LogP) is 4.25. The predicted molar refractivity (Wildman–Crippen MR) is 97.2 cm³/mol. The van der Waals surface area contributed by atoms with Gasteiger partial charge in [-0.05, 0) is 51.2 Å². The van der Waals surface area contributed by atoms with Crippen LogP contribution >= 0.6 is 0 Å². The molecule has 1 aliphatic heterocycles. The minimum Gasteiger partial charge on any atom is -0.335 e. The molecule has 2 amide bonds. The first kappa shape index (κ1) is 18.7. The number of hydrogen-bond acceptors (Lipinski definition) is 3. The highest BCUT2D eigenvalue weighted by Crippen LogP contribution is 2.44. The maximum absolute atomic E-state index is 12.4. The first-order chi connectivity index (χ1) is 11.3. The fourth-order valence-electron chi connectivity index (χ4n) is 3.78. The van der Waals surface area contributed by atoms with Crippen LogP contribution in [0.25, 0.3) is 0 Å². The molecule has 1 aromatic carbocycles. The molecule has 2 rings (SSSR count). The molecule has 1 fully saturated rings. The number of para-hydroxylation sites is 1. The summed E-state index contributed by atoms with van der Waals surface area (Å²) in [5, 5.41) is 18.4. The summed E-state index contributed by atoms with van der Waals surface area (Å²) in [7, 11) is 0. The number of nitrogens with one attached hydrogen (secondary N) is 2. The second kappa shape index (κ2) is 7.11. The van der Waals surface area contributed by atoms with Crippen molar-refractivity contribution in [1.82, 2.24) is 10.4 Å². The molecule has 3 N–H and O–H groups in total. The van der Waals surface area contributed by atoms with Crippen LogP contribution in [-0.2, 0) is 0 Å². The molecule has 1 saturated heterocycles. The van der Waals surface area contributed by atoms with Crippen LogP contribution in [0, 0.1) is 5.92 Å². The van der Waals surface area contributed by atoms with Crippen molar-refractivity contribution in [3.8, 4) is 0 Å². The zero-order chi connectivity index (χ0) is 18.0. The van der Waals surface area contributed by atoms with Crippen molar-refractivity contribution in [3.63, 3.8) is 0 Å². The Morgan fingerprint density at radius 3 is 2.42 bits per heavy atom. The lowest BCUT2D eigenvalue weighted by molar-refractivity contribution is -0.273. The van der Waals surface area contributed by atoms with E-state index in [1.165, 1.54) is 5.06 Å². The molecule has 24 heavy (non-hydrogen) atoms. The summed E-state index contributed by atoms with van der Waals surface area (Å²) in [5.41, 5.74) is 0.0640. The number of piperidine rings is 1. The quantitative estimate of drug-likeness (QED) is 0.772. The maximum atomic E-state index is 12.4. The Morgan fingerprint density at radius 2 is 1.88 bits per heavy atom. The van der Waals surface area contributed by atoms with Gasteiger partial charge in [-0.3, -0.25) is 0 Å². The normalized spacial score (nSPS) is 33.9. The van der Waals surface area contributed by atoms with E-state index in [9.17, 15) is 10.0 Å². The number of anilines is 1. The fourth-order valence-corrected chi connectivity index (χ4v) is 3.78. The lowest BCUT2D eigenvalue weighted by Gasteiger charge is -2.57. The van der Waals surface area contributed by atoms with Gasteiger partial charge in [0.2, 0.25) is 0 Å². The van der Waals surface area contributed by atoms with E-state index in [1.54, 1.807) is 0 Å². The van der Waals surface area contributed by atoms with Crippen LogP contribution in [0.3, 0.4) is 0 Å². The largest absolute Gasteiger partial charge is 0.335 e. The van der Waals surface area contributed by atoms with Crippen LogP contribution in [0.2, 0.25) is 0 Å². The van der Waals surface area contributed by atoms with Gasteiger partial charge in [0.15, 0.2) is 0 Å². The molecule has 5 nitrogen and oxygen atoms in total. The molecule has 0 bridgehead atoms. The average Bonchev–Trinajstić information content (AvgIpc) is 2.58. The average molecular weight is 333 g/mol. The molecule has 1 heterocycles. The third-order valence-corrected chi connectivity index (χ3v) is 6.06. The Morgan fingerprint density at radius 1 is 1.25 bits per heavy atom. The van der Waals surface area contributed by atoms with E-state index < -0.39 is 0 Å². The highest BCUT2D eigenvalue weighted by atomic mass is 16.5. The number of nitrogens with zero attached hydrogens (tertiary/aromatic N) is 1. The summed E-state index contributed by atoms with van der Waals surface area (Å²) in [6.07, 6.45) is 2.36.